The average molecular weight is 369 g/mol. The fourth-order valence-electron chi connectivity index (χ4n) is 2.23. The largest absolute Gasteiger partial charge is 0.451 e. The van der Waals surface area contributed by atoms with Crippen molar-refractivity contribution in [3.8, 4) is 0 Å². The standard InChI is InChI=1S/C21H23NO5/c1-14(18(23)15-8-6-5-7-9-15)26-19(24)16-10-12-17(13-11-16)22-20(25)27-21(2,3)4/h5-14H,1-4H3,(H,22,25)/t14-/m0/s1. The molecule has 27 heavy (non-hydrogen) atoms. The summed E-state index contributed by atoms with van der Waals surface area (Å²) in [7, 11) is 0. The molecule has 142 valence electrons. The summed E-state index contributed by atoms with van der Waals surface area (Å²) in [5.74, 6) is -0.886. The number of hydrogen-bond acceptors (Lipinski definition) is 5. The van der Waals surface area contributed by atoms with Crippen molar-refractivity contribution in [3.63, 3.8) is 0 Å². The van der Waals surface area contributed by atoms with Crippen LogP contribution in [0.1, 0.15) is 48.4 Å². The molecule has 0 aromatic heterocycles. The predicted molar refractivity (Wildman–Crippen MR) is 102 cm³/mol. The Balaban J connectivity index is 1.95. The van der Waals surface area contributed by atoms with Crippen molar-refractivity contribution < 1.29 is 23.9 Å². The van der Waals surface area contributed by atoms with Crippen LogP contribution in [0.4, 0.5) is 10.5 Å². The fraction of sp³-hybridized carbons (Fsp3) is 0.286. The van der Waals surface area contributed by atoms with Gasteiger partial charge >= 0.3 is 12.1 Å². The third kappa shape index (κ3) is 6.26. The van der Waals surface area contributed by atoms with E-state index in [1.807, 2.05) is 0 Å². The zero-order chi connectivity index (χ0) is 20.0. The van der Waals surface area contributed by atoms with E-state index >= 15 is 0 Å². The van der Waals surface area contributed by atoms with E-state index in [4.69, 9.17) is 9.47 Å². The molecule has 0 saturated carbocycles. The number of carbonyl (C=O) groups excluding carboxylic acids is 3. The van der Waals surface area contributed by atoms with Gasteiger partial charge in [-0.3, -0.25) is 10.1 Å². The van der Waals surface area contributed by atoms with Crippen LogP contribution in [0.2, 0.25) is 0 Å². The number of esters is 1. The fourth-order valence-corrected chi connectivity index (χ4v) is 2.23. The Morgan fingerprint density at radius 3 is 2.04 bits per heavy atom. The number of ketones is 1. The van der Waals surface area contributed by atoms with Crippen LogP contribution in [-0.4, -0.2) is 29.6 Å². The first-order chi connectivity index (χ1) is 12.7. The maximum atomic E-state index is 12.3. The molecule has 6 nitrogen and oxygen atoms in total. The predicted octanol–water partition coefficient (Wildman–Crippen LogP) is 4.46. The molecule has 0 bridgehead atoms. The first-order valence-electron chi connectivity index (χ1n) is 8.56. The lowest BCUT2D eigenvalue weighted by Crippen LogP contribution is -2.27. The molecular formula is C21H23NO5. The summed E-state index contributed by atoms with van der Waals surface area (Å²) in [5.41, 5.74) is 0.635. The van der Waals surface area contributed by atoms with Gasteiger partial charge in [0, 0.05) is 11.3 Å². The number of carbonyl (C=O) groups is 3. The van der Waals surface area contributed by atoms with E-state index < -0.39 is 23.8 Å². The SMILES string of the molecule is C[C@H](OC(=O)c1ccc(NC(=O)OC(C)(C)C)cc1)C(=O)c1ccccc1. The first kappa shape index (κ1) is 20.2. The van der Waals surface area contributed by atoms with Crippen LogP contribution >= 0.6 is 0 Å². The second kappa shape index (κ2) is 8.49. The minimum atomic E-state index is -0.903. The van der Waals surface area contributed by atoms with Crippen LogP contribution in [0.15, 0.2) is 54.6 Å². The summed E-state index contributed by atoms with van der Waals surface area (Å²) in [5, 5.41) is 2.58. The van der Waals surface area contributed by atoms with Crippen LogP contribution in [-0.2, 0) is 9.47 Å². The van der Waals surface area contributed by atoms with Gasteiger partial charge in [-0.2, -0.15) is 0 Å². The summed E-state index contributed by atoms with van der Waals surface area (Å²) in [4.78, 5) is 36.2. The smallest absolute Gasteiger partial charge is 0.412 e. The van der Waals surface area contributed by atoms with Gasteiger partial charge in [0.15, 0.2) is 6.10 Å². The molecule has 2 aromatic carbocycles. The van der Waals surface area contributed by atoms with E-state index in [1.54, 1.807) is 63.2 Å². The van der Waals surface area contributed by atoms with E-state index in [0.29, 0.717) is 11.3 Å². The van der Waals surface area contributed by atoms with Crippen molar-refractivity contribution in [1.29, 1.82) is 0 Å². The number of Topliss-reactive ketones (excluding diaryl/α,β-unsaturated/α-hetero) is 1. The van der Waals surface area contributed by atoms with Crippen molar-refractivity contribution >= 4 is 23.5 Å². The Bertz CT molecular complexity index is 807. The number of anilines is 1. The minimum absolute atomic E-state index is 0.271. The highest BCUT2D eigenvalue weighted by Crippen LogP contribution is 2.15. The average Bonchev–Trinajstić information content (AvgIpc) is 2.60. The van der Waals surface area contributed by atoms with E-state index in [-0.39, 0.29) is 11.3 Å². The lowest BCUT2D eigenvalue weighted by molar-refractivity contribution is 0.0319. The van der Waals surface area contributed by atoms with Crippen molar-refractivity contribution in [3.05, 3.63) is 65.7 Å². The van der Waals surface area contributed by atoms with Crippen molar-refractivity contribution in [2.24, 2.45) is 0 Å². The Kier molecular flexibility index (Phi) is 6.34. The highest BCUT2D eigenvalue weighted by molar-refractivity contribution is 6.01. The molecule has 0 aliphatic rings. The molecule has 0 saturated heterocycles. The molecule has 0 unspecified atom stereocenters. The van der Waals surface area contributed by atoms with E-state index in [1.165, 1.54) is 19.1 Å². The molecule has 6 heteroatoms. The Morgan fingerprint density at radius 2 is 1.48 bits per heavy atom. The van der Waals surface area contributed by atoms with Gasteiger partial charge in [0.2, 0.25) is 5.78 Å². The highest BCUT2D eigenvalue weighted by atomic mass is 16.6. The van der Waals surface area contributed by atoms with Crippen LogP contribution in [0.5, 0.6) is 0 Å². The number of benzene rings is 2. The highest BCUT2D eigenvalue weighted by Gasteiger charge is 2.20. The monoisotopic (exact) mass is 369 g/mol. The van der Waals surface area contributed by atoms with Crippen molar-refractivity contribution in [2.75, 3.05) is 5.32 Å². The molecule has 2 rings (SSSR count). The van der Waals surface area contributed by atoms with Crippen LogP contribution in [0, 0.1) is 0 Å². The van der Waals surface area contributed by atoms with Crippen LogP contribution < -0.4 is 5.32 Å². The first-order valence-corrected chi connectivity index (χ1v) is 8.56. The van der Waals surface area contributed by atoms with E-state index in [9.17, 15) is 14.4 Å². The number of nitrogens with one attached hydrogen (secondary N) is 1. The van der Waals surface area contributed by atoms with Gasteiger partial charge in [0.25, 0.3) is 0 Å². The molecule has 1 atom stereocenters. The quantitative estimate of drug-likeness (QED) is 0.621. The van der Waals surface area contributed by atoms with Gasteiger partial charge in [-0.1, -0.05) is 30.3 Å². The molecule has 1 amide bonds. The van der Waals surface area contributed by atoms with Crippen molar-refractivity contribution in [1.82, 2.24) is 0 Å². The van der Waals surface area contributed by atoms with Gasteiger partial charge in [-0.05, 0) is 52.0 Å². The molecule has 0 spiro atoms. The lowest BCUT2D eigenvalue weighted by Gasteiger charge is -2.19. The Morgan fingerprint density at radius 1 is 0.889 bits per heavy atom. The summed E-state index contributed by atoms with van der Waals surface area (Å²) >= 11 is 0. The molecule has 0 radical (unpaired) electrons. The van der Waals surface area contributed by atoms with Crippen molar-refractivity contribution in [2.45, 2.75) is 39.4 Å². The van der Waals surface area contributed by atoms with E-state index in [2.05, 4.69) is 5.32 Å². The molecular weight excluding hydrogens is 346 g/mol. The molecule has 0 aliphatic heterocycles. The molecule has 0 heterocycles. The third-order valence-electron chi connectivity index (χ3n) is 3.48. The lowest BCUT2D eigenvalue weighted by atomic mass is 10.1. The molecule has 0 fully saturated rings. The van der Waals surface area contributed by atoms with Gasteiger partial charge in [-0.15, -0.1) is 0 Å². The number of amides is 1. The normalized spacial score (nSPS) is 12.0. The van der Waals surface area contributed by atoms with Gasteiger partial charge in [0.1, 0.15) is 5.60 Å². The maximum Gasteiger partial charge on any atom is 0.412 e. The van der Waals surface area contributed by atoms with Gasteiger partial charge in [-0.25, -0.2) is 9.59 Å². The third-order valence-corrected chi connectivity index (χ3v) is 3.48. The molecule has 0 aliphatic carbocycles. The summed E-state index contributed by atoms with van der Waals surface area (Å²) in [6, 6.07) is 14.8. The van der Waals surface area contributed by atoms with Crippen LogP contribution in [0.3, 0.4) is 0 Å². The summed E-state index contributed by atoms with van der Waals surface area (Å²) in [6.07, 6.45) is -1.49. The number of rotatable bonds is 5. The summed E-state index contributed by atoms with van der Waals surface area (Å²) < 4.78 is 10.4. The topological polar surface area (TPSA) is 81.7 Å². The van der Waals surface area contributed by atoms with Gasteiger partial charge < -0.3 is 9.47 Å². The Hall–Kier alpha value is -3.15. The second-order valence-corrected chi connectivity index (χ2v) is 6.98. The van der Waals surface area contributed by atoms with E-state index in [0.717, 1.165) is 0 Å². The van der Waals surface area contributed by atoms with Gasteiger partial charge in [0.05, 0.1) is 5.56 Å². The van der Waals surface area contributed by atoms with Crippen LogP contribution in [0.25, 0.3) is 0 Å². The second-order valence-electron chi connectivity index (χ2n) is 6.98. The zero-order valence-corrected chi connectivity index (χ0v) is 15.8. The molecule has 1 N–H and O–H groups in total. The zero-order valence-electron chi connectivity index (χ0n) is 15.8. The number of ether oxygens (including phenoxy) is 2. The molecule has 2 aromatic rings. The number of hydrogen-bond donors (Lipinski definition) is 1. The maximum absolute atomic E-state index is 12.3. The minimum Gasteiger partial charge on any atom is -0.451 e. The Labute approximate surface area is 158 Å². The summed E-state index contributed by atoms with van der Waals surface area (Å²) in [6.45, 7) is 6.84.